The normalized spacial score (nSPS) is 21.4. The summed E-state index contributed by atoms with van der Waals surface area (Å²) in [6, 6.07) is 7.55. The lowest BCUT2D eigenvalue weighted by Crippen LogP contribution is -2.26. The highest BCUT2D eigenvalue weighted by atomic mass is 16.5. The molecule has 0 radical (unpaired) electrons. The largest absolute Gasteiger partial charge is 0.440 e. The van der Waals surface area contributed by atoms with E-state index in [0.717, 1.165) is 54.2 Å². The second-order valence-corrected chi connectivity index (χ2v) is 8.01. The third-order valence-electron chi connectivity index (χ3n) is 5.79. The van der Waals surface area contributed by atoms with E-state index in [1.54, 1.807) is 13.3 Å². The van der Waals surface area contributed by atoms with Crippen LogP contribution in [0, 0.1) is 5.92 Å². The Labute approximate surface area is 174 Å². The van der Waals surface area contributed by atoms with E-state index >= 15 is 0 Å². The lowest BCUT2D eigenvalue weighted by molar-refractivity contribution is -0.121. The van der Waals surface area contributed by atoms with Gasteiger partial charge in [-0.05, 0) is 49.9 Å². The van der Waals surface area contributed by atoms with Gasteiger partial charge in [0, 0.05) is 44.7 Å². The van der Waals surface area contributed by atoms with Crippen LogP contribution in [0.1, 0.15) is 49.3 Å². The summed E-state index contributed by atoms with van der Waals surface area (Å²) in [6.45, 7) is 1.96. The summed E-state index contributed by atoms with van der Waals surface area (Å²) in [5, 5.41) is 7.44. The molecule has 1 saturated carbocycles. The van der Waals surface area contributed by atoms with E-state index < -0.39 is 0 Å². The van der Waals surface area contributed by atoms with Crippen LogP contribution in [0.25, 0.3) is 11.1 Å². The fourth-order valence-corrected chi connectivity index (χ4v) is 4.04. The number of nitrogens with zero attached hydrogens (tertiary/aromatic N) is 3. The lowest BCUT2D eigenvalue weighted by atomic mass is 9.97. The second kappa shape index (κ2) is 8.20. The van der Waals surface area contributed by atoms with Crippen LogP contribution in [-0.2, 0) is 20.8 Å². The Bertz CT molecular complexity index is 1040. The molecule has 2 aliphatic rings. The number of carbonyl (C=O) groups excluding carboxylic acids is 1. The highest BCUT2D eigenvalue weighted by Crippen LogP contribution is 2.41. The summed E-state index contributed by atoms with van der Waals surface area (Å²) in [4.78, 5) is 17.6. The van der Waals surface area contributed by atoms with Gasteiger partial charge in [-0.3, -0.25) is 9.48 Å². The van der Waals surface area contributed by atoms with Gasteiger partial charge in [-0.25, -0.2) is 4.98 Å². The minimum atomic E-state index is -0.299. The van der Waals surface area contributed by atoms with E-state index in [9.17, 15) is 4.79 Å². The molecule has 1 aliphatic heterocycles. The van der Waals surface area contributed by atoms with Crippen molar-refractivity contribution in [3.05, 3.63) is 42.0 Å². The first kappa shape index (κ1) is 19.3. The first-order valence-electron chi connectivity index (χ1n) is 10.6. The molecule has 1 saturated heterocycles. The van der Waals surface area contributed by atoms with Gasteiger partial charge in [0.1, 0.15) is 11.6 Å². The zero-order valence-electron chi connectivity index (χ0n) is 17.0. The Morgan fingerprint density at radius 3 is 3.03 bits per heavy atom. The Kier molecular flexibility index (Phi) is 5.26. The van der Waals surface area contributed by atoms with Gasteiger partial charge in [0.05, 0.1) is 11.6 Å². The molecule has 1 amide bonds. The number of anilines is 1. The zero-order valence-corrected chi connectivity index (χ0v) is 17.0. The van der Waals surface area contributed by atoms with Crippen molar-refractivity contribution < 1.29 is 18.7 Å². The van der Waals surface area contributed by atoms with Crippen molar-refractivity contribution in [3.63, 3.8) is 0 Å². The molecule has 158 valence electrons. The van der Waals surface area contributed by atoms with Crippen LogP contribution in [0.4, 0.5) is 5.69 Å². The zero-order chi connectivity index (χ0) is 20.5. The third-order valence-corrected chi connectivity index (χ3v) is 5.79. The summed E-state index contributed by atoms with van der Waals surface area (Å²) in [5.41, 5.74) is 3.20. The number of rotatable bonds is 8. The smallest absolute Gasteiger partial charge is 0.230 e. The van der Waals surface area contributed by atoms with Crippen molar-refractivity contribution in [3.8, 4) is 0 Å². The fourth-order valence-electron chi connectivity index (χ4n) is 4.04. The van der Waals surface area contributed by atoms with Crippen LogP contribution in [0.15, 0.2) is 34.9 Å². The van der Waals surface area contributed by atoms with Crippen molar-refractivity contribution in [2.75, 3.05) is 25.6 Å². The second-order valence-electron chi connectivity index (χ2n) is 8.01. The average Bonchev–Trinajstić information content (AvgIpc) is 3.15. The van der Waals surface area contributed by atoms with E-state index in [1.165, 1.54) is 0 Å². The lowest BCUT2D eigenvalue weighted by Gasteiger charge is -2.19. The molecule has 2 aromatic heterocycles. The van der Waals surface area contributed by atoms with Crippen LogP contribution < -0.4 is 5.32 Å². The van der Waals surface area contributed by atoms with Crippen molar-refractivity contribution in [2.45, 2.75) is 44.2 Å². The summed E-state index contributed by atoms with van der Waals surface area (Å²) in [5.74, 6) is 0.949. The van der Waals surface area contributed by atoms with Gasteiger partial charge in [0.2, 0.25) is 5.91 Å². The molecular formula is C22H26N4O4. The SMILES string of the molecule is COCCCn1nccc1[C@H]1OCC[C@@H]1C(=O)Nc1ccc2oc(C3CC3)nc2c1. The molecule has 8 heteroatoms. The van der Waals surface area contributed by atoms with Crippen LogP contribution >= 0.6 is 0 Å². The quantitative estimate of drug-likeness (QED) is 0.570. The minimum Gasteiger partial charge on any atom is -0.440 e. The Hall–Kier alpha value is -2.71. The molecule has 2 fully saturated rings. The van der Waals surface area contributed by atoms with Crippen molar-refractivity contribution in [1.82, 2.24) is 14.8 Å². The molecule has 2 atom stereocenters. The minimum absolute atomic E-state index is 0.0487. The van der Waals surface area contributed by atoms with Crippen molar-refractivity contribution in [2.24, 2.45) is 5.92 Å². The fraction of sp³-hybridized carbons (Fsp3) is 0.500. The predicted molar refractivity (Wildman–Crippen MR) is 110 cm³/mol. The molecule has 0 spiro atoms. The van der Waals surface area contributed by atoms with Crippen molar-refractivity contribution >= 4 is 22.7 Å². The number of aromatic nitrogens is 3. The monoisotopic (exact) mass is 410 g/mol. The molecule has 1 N–H and O–H groups in total. The van der Waals surface area contributed by atoms with E-state index in [0.29, 0.717) is 25.6 Å². The highest BCUT2D eigenvalue weighted by Gasteiger charge is 2.37. The van der Waals surface area contributed by atoms with Gasteiger partial charge in [-0.2, -0.15) is 5.10 Å². The highest BCUT2D eigenvalue weighted by molar-refractivity contribution is 5.94. The van der Waals surface area contributed by atoms with Gasteiger partial charge in [0.15, 0.2) is 11.5 Å². The van der Waals surface area contributed by atoms with Gasteiger partial charge in [-0.15, -0.1) is 0 Å². The molecule has 30 heavy (non-hydrogen) atoms. The van der Waals surface area contributed by atoms with E-state index in [-0.39, 0.29) is 17.9 Å². The maximum Gasteiger partial charge on any atom is 0.230 e. The summed E-state index contributed by atoms with van der Waals surface area (Å²) >= 11 is 0. The summed E-state index contributed by atoms with van der Waals surface area (Å²) in [6.07, 6.45) is 5.28. The maximum absolute atomic E-state index is 13.1. The first-order valence-corrected chi connectivity index (χ1v) is 10.6. The van der Waals surface area contributed by atoms with Crippen LogP contribution in [0.3, 0.4) is 0 Å². The summed E-state index contributed by atoms with van der Waals surface area (Å²) in [7, 11) is 1.69. The number of amides is 1. The number of benzene rings is 1. The number of nitrogens with one attached hydrogen (secondary N) is 1. The molecule has 0 bridgehead atoms. The van der Waals surface area contributed by atoms with Gasteiger partial charge < -0.3 is 19.2 Å². The number of ether oxygens (including phenoxy) is 2. The molecule has 1 aromatic carbocycles. The van der Waals surface area contributed by atoms with Gasteiger partial charge >= 0.3 is 0 Å². The molecule has 8 nitrogen and oxygen atoms in total. The van der Waals surface area contributed by atoms with Crippen LogP contribution in [0.2, 0.25) is 0 Å². The topological polar surface area (TPSA) is 91.4 Å². The van der Waals surface area contributed by atoms with E-state index in [4.69, 9.17) is 13.9 Å². The van der Waals surface area contributed by atoms with Gasteiger partial charge in [0.25, 0.3) is 0 Å². The first-order chi connectivity index (χ1) is 14.7. The number of hydrogen-bond donors (Lipinski definition) is 1. The number of aryl methyl sites for hydroxylation is 1. The Morgan fingerprint density at radius 2 is 2.20 bits per heavy atom. The van der Waals surface area contributed by atoms with Gasteiger partial charge in [-0.1, -0.05) is 0 Å². The number of oxazole rings is 1. The van der Waals surface area contributed by atoms with Crippen molar-refractivity contribution in [1.29, 1.82) is 0 Å². The number of carbonyl (C=O) groups is 1. The predicted octanol–water partition coefficient (Wildman–Crippen LogP) is 3.65. The maximum atomic E-state index is 13.1. The molecule has 0 unspecified atom stereocenters. The molecule has 5 rings (SSSR count). The standard InChI is InChI=1S/C22H26N4O4/c1-28-11-2-10-26-18(7-9-23-26)20-16(8-12-29-20)21(27)24-15-5-6-19-17(13-15)25-22(30-19)14-3-4-14/h5-7,9,13-14,16,20H,2-4,8,10-12H2,1H3,(H,24,27)/t16-,20-/m0/s1. The average molecular weight is 410 g/mol. The third kappa shape index (κ3) is 3.85. The molecule has 3 aromatic rings. The van der Waals surface area contributed by atoms with Crippen LogP contribution in [0.5, 0.6) is 0 Å². The Balaban J connectivity index is 1.29. The molecular weight excluding hydrogens is 384 g/mol. The Morgan fingerprint density at radius 1 is 1.30 bits per heavy atom. The summed E-state index contributed by atoms with van der Waals surface area (Å²) < 4.78 is 18.8. The number of hydrogen-bond acceptors (Lipinski definition) is 6. The number of fused-ring (bicyclic) bond motifs is 1. The van der Waals surface area contributed by atoms with Crippen LogP contribution in [-0.4, -0.2) is 41.0 Å². The van der Waals surface area contributed by atoms with E-state index in [1.807, 2.05) is 28.9 Å². The molecule has 3 heterocycles. The number of methoxy groups -OCH3 is 1. The molecule has 1 aliphatic carbocycles. The van der Waals surface area contributed by atoms with E-state index in [2.05, 4.69) is 15.4 Å².